The highest BCUT2D eigenvalue weighted by atomic mass is 32.2. The lowest BCUT2D eigenvalue weighted by Crippen LogP contribution is -1.98. The van der Waals surface area contributed by atoms with Crippen LogP contribution in [0.15, 0.2) is 40.3 Å². The molecular formula is C12H12FN3S. The third-order valence-corrected chi connectivity index (χ3v) is 3.02. The zero-order valence-corrected chi connectivity index (χ0v) is 10.4. The minimum atomic E-state index is -0.232. The molecule has 0 aliphatic rings. The second-order valence-electron chi connectivity index (χ2n) is 3.48. The van der Waals surface area contributed by atoms with E-state index in [0.29, 0.717) is 5.95 Å². The van der Waals surface area contributed by atoms with Crippen molar-refractivity contribution in [2.45, 2.75) is 16.8 Å². The summed E-state index contributed by atoms with van der Waals surface area (Å²) >= 11 is 1.48. The summed E-state index contributed by atoms with van der Waals surface area (Å²) in [6, 6.07) is 8.24. The fraction of sp³-hybridized carbons (Fsp3) is 0.167. The van der Waals surface area contributed by atoms with E-state index in [0.717, 1.165) is 15.6 Å². The van der Waals surface area contributed by atoms with Gasteiger partial charge < -0.3 is 5.32 Å². The first kappa shape index (κ1) is 11.9. The van der Waals surface area contributed by atoms with Gasteiger partial charge in [0.1, 0.15) is 10.8 Å². The lowest BCUT2D eigenvalue weighted by Gasteiger charge is -2.04. The summed E-state index contributed by atoms with van der Waals surface area (Å²) in [6.45, 7) is 1.91. The van der Waals surface area contributed by atoms with E-state index in [1.165, 1.54) is 23.9 Å². The van der Waals surface area contributed by atoms with Gasteiger partial charge in [-0.05, 0) is 37.3 Å². The minimum absolute atomic E-state index is 0.232. The van der Waals surface area contributed by atoms with Crippen LogP contribution in [0.25, 0.3) is 0 Å². The van der Waals surface area contributed by atoms with E-state index in [2.05, 4.69) is 15.3 Å². The molecule has 1 N–H and O–H groups in total. The number of rotatable bonds is 3. The Bertz CT molecular complexity index is 514. The predicted octanol–water partition coefficient (Wildman–Crippen LogP) is 3.12. The van der Waals surface area contributed by atoms with Crippen LogP contribution in [0.3, 0.4) is 0 Å². The summed E-state index contributed by atoms with van der Waals surface area (Å²) in [5.41, 5.74) is 0.897. The molecule has 0 aliphatic carbocycles. The van der Waals surface area contributed by atoms with Crippen LogP contribution >= 0.6 is 11.8 Å². The summed E-state index contributed by atoms with van der Waals surface area (Å²) in [5, 5.41) is 3.75. The van der Waals surface area contributed by atoms with Crippen LogP contribution in [-0.4, -0.2) is 17.0 Å². The number of benzene rings is 1. The lowest BCUT2D eigenvalue weighted by atomic mass is 10.4. The standard InChI is InChI=1S/C12H12FN3S/c1-8-7-11(16-12(14-2)15-8)17-10-5-3-9(13)4-6-10/h3-7H,1-2H3,(H,14,15,16). The van der Waals surface area contributed by atoms with Crippen LogP contribution in [0.4, 0.5) is 10.3 Å². The fourth-order valence-corrected chi connectivity index (χ4v) is 2.20. The summed E-state index contributed by atoms with van der Waals surface area (Å²) in [4.78, 5) is 9.48. The van der Waals surface area contributed by atoms with Gasteiger partial charge in [0.25, 0.3) is 0 Å². The molecule has 1 heterocycles. The number of anilines is 1. The maximum atomic E-state index is 12.8. The highest BCUT2D eigenvalue weighted by molar-refractivity contribution is 7.99. The summed E-state index contributed by atoms with van der Waals surface area (Å²) in [7, 11) is 1.78. The summed E-state index contributed by atoms with van der Waals surface area (Å²) in [5.74, 6) is 0.360. The van der Waals surface area contributed by atoms with Gasteiger partial charge in [-0.15, -0.1) is 0 Å². The van der Waals surface area contributed by atoms with E-state index in [4.69, 9.17) is 0 Å². The Kier molecular flexibility index (Phi) is 3.58. The first-order valence-corrected chi connectivity index (χ1v) is 5.96. The Morgan fingerprint density at radius 1 is 1.18 bits per heavy atom. The first-order valence-electron chi connectivity index (χ1n) is 5.14. The molecule has 1 aromatic heterocycles. The van der Waals surface area contributed by atoms with Gasteiger partial charge in [-0.3, -0.25) is 0 Å². The number of nitrogens with one attached hydrogen (secondary N) is 1. The third-order valence-electron chi connectivity index (χ3n) is 2.09. The van der Waals surface area contributed by atoms with Crippen molar-refractivity contribution in [3.63, 3.8) is 0 Å². The topological polar surface area (TPSA) is 37.8 Å². The van der Waals surface area contributed by atoms with Gasteiger partial charge in [-0.2, -0.15) is 0 Å². The number of aryl methyl sites for hydroxylation is 1. The monoisotopic (exact) mass is 249 g/mol. The molecule has 0 aliphatic heterocycles. The van der Waals surface area contributed by atoms with Crippen molar-refractivity contribution in [1.82, 2.24) is 9.97 Å². The normalized spacial score (nSPS) is 10.3. The number of nitrogens with zero attached hydrogens (tertiary/aromatic N) is 2. The van der Waals surface area contributed by atoms with Crippen LogP contribution in [0.2, 0.25) is 0 Å². The molecular weight excluding hydrogens is 237 g/mol. The molecule has 2 rings (SSSR count). The smallest absolute Gasteiger partial charge is 0.223 e. The number of hydrogen-bond acceptors (Lipinski definition) is 4. The van der Waals surface area contributed by atoms with Crippen molar-refractivity contribution in [1.29, 1.82) is 0 Å². The average molecular weight is 249 g/mol. The molecule has 3 nitrogen and oxygen atoms in total. The van der Waals surface area contributed by atoms with E-state index in [-0.39, 0.29) is 5.82 Å². The highest BCUT2D eigenvalue weighted by Gasteiger charge is 2.03. The number of aromatic nitrogens is 2. The Morgan fingerprint density at radius 2 is 1.88 bits per heavy atom. The second-order valence-corrected chi connectivity index (χ2v) is 4.57. The minimum Gasteiger partial charge on any atom is -0.357 e. The van der Waals surface area contributed by atoms with Crippen molar-refractivity contribution >= 4 is 17.7 Å². The van der Waals surface area contributed by atoms with Crippen molar-refractivity contribution in [3.05, 3.63) is 41.8 Å². The average Bonchev–Trinajstić information content (AvgIpc) is 2.31. The second kappa shape index (κ2) is 5.14. The van der Waals surface area contributed by atoms with Gasteiger partial charge >= 0.3 is 0 Å². The zero-order valence-electron chi connectivity index (χ0n) is 9.57. The Hall–Kier alpha value is -1.62. The fourth-order valence-electron chi connectivity index (χ4n) is 1.33. The van der Waals surface area contributed by atoms with Gasteiger partial charge in [-0.1, -0.05) is 11.8 Å². The largest absolute Gasteiger partial charge is 0.357 e. The molecule has 0 fully saturated rings. The van der Waals surface area contributed by atoms with Gasteiger partial charge in [0, 0.05) is 17.6 Å². The van der Waals surface area contributed by atoms with Crippen molar-refractivity contribution in [2.24, 2.45) is 0 Å². The molecule has 0 bridgehead atoms. The molecule has 17 heavy (non-hydrogen) atoms. The molecule has 0 atom stereocenters. The Morgan fingerprint density at radius 3 is 2.53 bits per heavy atom. The van der Waals surface area contributed by atoms with Crippen LogP contribution < -0.4 is 5.32 Å². The van der Waals surface area contributed by atoms with E-state index in [1.807, 2.05) is 13.0 Å². The molecule has 0 amide bonds. The van der Waals surface area contributed by atoms with E-state index in [9.17, 15) is 4.39 Å². The Balaban J connectivity index is 2.23. The van der Waals surface area contributed by atoms with Crippen LogP contribution in [0.1, 0.15) is 5.69 Å². The molecule has 0 saturated heterocycles. The maximum Gasteiger partial charge on any atom is 0.223 e. The SMILES string of the molecule is CNc1nc(C)cc(Sc2ccc(F)cc2)n1. The van der Waals surface area contributed by atoms with Crippen molar-refractivity contribution in [3.8, 4) is 0 Å². The molecule has 0 saturated carbocycles. The van der Waals surface area contributed by atoms with Gasteiger partial charge in [0.2, 0.25) is 5.95 Å². The molecule has 5 heteroatoms. The molecule has 1 aromatic carbocycles. The van der Waals surface area contributed by atoms with Gasteiger partial charge in [-0.25, -0.2) is 14.4 Å². The molecule has 0 radical (unpaired) electrons. The zero-order chi connectivity index (χ0) is 12.3. The van der Waals surface area contributed by atoms with Crippen molar-refractivity contribution in [2.75, 3.05) is 12.4 Å². The van der Waals surface area contributed by atoms with E-state index in [1.54, 1.807) is 19.2 Å². The molecule has 88 valence electrons. The van der Waals surface area contributed by atoms with Gasteiger partial charge in [0.15, 0.2) is 0 Å². The number of halogens is 1. The maximum absolute atomic E-state index is 12.8. The Labute approximate surface area is 103 Å². The van der Waals surface area contributed by atoms with Crippen LogP contribution in [0.5, 0.6) is 0 Å². The van der Waals surface area contributed by atoms with E-state index < -0.39 is 0 Å². The first-order chi connectivity index (χ1) is 8.17. The van der Waals surface area contributed by atoms with Gasteiger partial charge in [0.05, 0.1) is 0 Å². The summed E-state index contributed by atoms with van der Waals surface area (Å²) < 4.78 is 12.8. The van der Waals surface area contributed by atoms with Crippen LogP contribution in [-0.2, 0) is 0 Å². The third kappa shape index (κ3) is 3.17. The summed E-state index contributed by atoms with van der Waals surface area (Å²) in [6.07, 6.45) is 0. The highest BCUT2D eigenvalue weighted by Crippen LogP contribution is 2.26. The predicted molar refractivity (Wildman–Crippen MR) is 66.8 cm³/mol. The lowest BCUT2D eigenvalue weighted by molar-refractivity contribution is 0.626. The molecule has 0 spiro atoms. The molecule has 0 unspecified atom stereocenters. The van der Waals surface area contributed by atoms with Crippen molar-refractivity contribution < 1.29 is 4.39 Å². The number of hydrogen-bond donors (Lipinski definition) is 1. The van der Waals surface area contributed by atoms with Crippen LogP contribution in [0, 0.1) is 12.7 Å². The van der Waals surface area contributed by atoms with E-state index >= 15 is 0 Å². The quantitative estimate of drug-likeness (QED) is 0.848. The molecule has 2 aromatic rings.